The van der Waals surface area contributed by atoms with Crippen LogP contribution < -0.4 is 4.72 Å². The minimum atomic E-state index is -3.90. The third kappa shape index (κ3) is 4.44. The maximum absolute atomic E-state index is 12.2. The van der Waals surface area contributed by atoms with Crippen LogP contribution in [-0.4, -0.2) is 42.9 Å². The van der Waals surface area contributed by atoms with E-state index in [0.717, 1.165) is 11.6 Å². The Hall–Kier alpha value is -1.12. The summed E-state index contributed by atoms with van der Waals surface area (Å²) in [7, 11) is -3.90. The Morgan fingerprint density at radius 3 is 2.27 bits per heavy atom. The first-order valence-electron chi connectivity index (χ1n) is 5.83. The Bertz CT molecular complexity index is 794. The van der Waals surface area contributed by atoms with Crippen molar-refractivity contribution in [3.8, 4) is 0 Å². The van der Waals surface area contributed by atoms with E-state index in [9.17, 15) is 18.5 Å². The molecule has 0 fully saturated rings. The molecule has 0 saturated carbocycles. The third-order valence-corrected chi connectivity index (χ3v) is 4.35. The van der Waals surface area contributed by atoms with Crippen LogP contribution in [0.4, 0.5) is 11.4 Å². The van der Waals surface area contributed by atoms with Crippen LogP contribution in [0.25, 0.3) is 0 Å². The number of hydrogen-bond donors (Lipinski definition) is 1. The average molecular weight is 351 g/mol. The summed E-state index contributed by atoms with van der Waals surface area (Å²) in [6.45, 7) is 1.83. The van der Waals surface area contributed by atoms with Crippen molar-refractivity contribution in [1.82, 2.24) is 0 Å². The van der Waals surface area contributed by atoms with Gasteiger partial charge in [-0.1, -0.05) is 29.3 Å². The second-order valence-corrected chi connectivity index (χ2v) is 6.46. The summed E-state index contributed by atoms with van der Waals surface area (Å²) in [5, 5.41) is 11.1. The maximum atomic E-state index is 12.2. The van der Waals surface area contributed by atoms with Crippen molar-refractivity contribution < 1.29 is 13.3 Å². The van der Waals surface area contributed by atoms with Gasteiger partial charge < -0.3 is 0 Å². The minimum absolute atomic E-state index is 0. The normalized spacial score (nSPS) is 10.6. The van der Waals surface area contributed by atoms with E-state index in [4.69, 9.17) is 11.6 Å². The van der Waals surface area contributed by atoms with Gasteiger partial charge in [0.15, 0.2) is 0 Å². The molecule has 0 saturated heterocycles. The predicted octanol–water partition coefficient (Wildman–Crippen LogP) is 2.71. The summed E-state index contributed by atoms with van der Waals surface area (Å²) in [5.74, 6) is 0. The summed E-state index contributed by atoms with van der Waals surface area (Å²) in [6, 6.07) is 9.87. The topological polar surface area (TPSA) is 89.3 Å². The van der Waals surface area contributed by atoms with E-state index in [1.165, 1.54) is 24.3 Å². The van der Waals surface area contributed by atoms with Crippen LogP contribution in [0.1, 0.15) is 5.56 Å². The fourth-order valence-corrected chi connectivity index (χ4v) is 2.90. The molecule has 2 rings (SSSR count). The number of hydrogen-bond acceptors (Lipinski definition) is 4. The van der Waals surface area contributed by atoms with Gasteiger partial charge in [0.2, 0.25) is 0 Å². The van der Waals surface area contributed by atoms with Crippen LogP contribution >= 0.6 is 11.6 Å². The zero-order valence-corrected chi connectivity index (χ0v) is 12.5. The molecule has 0 atom stereocenters. The number of halogens is 1. The molecule has 9 heteroatoms. The van der Waals surface area contributed by atoms with Crippen molar-refractivity contribution >= 4 is 62.6 Å². The number of nitro groups is 1. The van der Waals surface area contributed by atoms with Gasteiger partial charge in [-0.2, -0.15) is 0 Å². The van der Waals surface area contributed by atoms with Crippen LogP contribution in [0, 0.1) is 17.0 Å². The predicted molar refractivity (Wildman–Crippen MR) is 87.2 cm³/mol. The molecule has 0 aromatic heterocycles. The number of nitrogens with zero attached hydrogens (tertiary/aromatic N) is 1. The molecular formula is C13H12ClN2NaO4S. The van der Waals surface area contributed by atoms with E-state index in [0.29, 0.717) is 0 Å². The van der Waals surface area contributed by atoms with Gasteiger partial charge in [-0.25, -0.2) is 8.42 Å². The van der Waals surface area contributed by atoms with Crippen LogP contribution in [0.15, 0.2) is 47.4 Å². The van der Waals surface area contributed by atoms with Crippen LogP contribution in [0.2, 0.25) is 5.02 Å². The second-order valence-electron chi connectivity index (χ2n) is 4.34. The fourth-order valence-electron chi connectivity index (χ4n) is 1.66. The molecule has 0 heterocycles. The number of benzene rings is 2. The summed E-state index contributed by atoms with van der Waals surface area (Å²) < 4.78 is 26.6. The van der Waals surface area contributed by atoms with Crippen molar-refractivity contribution in [3.05, 3.63) is 63.2 Å². The van der Waals surface area contributed by atoms with E-state index in [1.54, 1.807) is 12.1 Å². The van der Waals surface area contributed by atoms with Crippen molar-refractivity contribution in [2.45, 2.75) is 11.8 Å². The van der Waals surface area contributed by atoms with Gasteiger partial charge in [0.25, 0.3) is 15.7 Å². The molecule has 112 valence electrons. The van der Waals surface area contributed by atoms with Gasteiger partial charge in [0.1, 0.15) is 5.69 Å². The molecule has 0 radical (unpaired) electrons. The van der Waals surface area contributed by atoms with Gasteiger partial charge >= 0.3 is 29.6 Å². The summed E-state index contributed by atoms with van der Waals surface area (Å²) in [5.41, 5.74) is 0.370. The Balaban J connectivity index is 0.00000242. The molecule has 0 aliphatic heterocycles. The summed E-state index contributed by atoms with van der Waals surface area (Å²) in [4.78, 5) is 10.3. The molecule has 0 aliphatic carbocycles. The van der Waals surface area contributed by atoms with Crippen molar-refractivity contribution in [2.24, 2.45) is 0 Å². The van der Waals surface area contributed by atoms with Gasteiger partial charge in [-0.15, -0.1) is 0 Å². The molecule has 6 nitrogen and oxygen atoms in total. The number of sulfonamides is 1. The van der Waals surface area contributed by atoms with Crippen LogP contribution in [0.5, 0.6) is 0 Å². The molecule has 22 heavy (non-hydrogen) atoms. The number of anilines is 1. The zero-order chi connectivity index (χ0) is 15.6. The van der Waals surface area contributed by atoms with Crippen LogP contribution in [-0.2, 0) is 10.0 Å². The second kappa shape index (κ2) is 7.43. The Morgan fingerprint density at radius 2 is 1.73 bits per heavy atom. The number of nitro benzene ring substituents is 1. The summed E-state index contributed by atoms with van der Waals surface area (Å²) >= 11 is 5.68. The van der Waals surface area contributed by atoms with Crippen LogP contribution in [0.3, 0.4) is 0 Å². The van der Waals surface area contributed by atoms with E-state index >= 15 is 0 Å². The van der Waals surface area contributed by atoms with Crippen molar-refractivity contribution in [3.63, 3.8) is 0 Å². The molecule has 0 aliphatic rings. The molecule has 2 aromatic rings. The molecule has 0 bridgehead atoms. The molecule has 0 unspecified atom stereocenters. The number of nitrogens with one attached hydrogen (secondary N) is 1. The van der Waals surface area contributed by atoms with Gasteiger partial charge in [0, 0.05) is 11.1 Å². The molecule has 0 amide bonds. The first-order chi connectivity index (χ1) is 9.79. The van der Waals surface area contributed by atoms with E-state index in [-0.39, 0.29) is 45.2 Å². The number of aryl methyl sites for hydroxylation is 1. The zero-order valence-electron chi connectivity index (χ0n) is 10.9. The van der Waals surface area contributed by atoms with Crippen molar-refractivity contribution in [2.75, 3.05) is 4.72 Å². The van der Waals surface area contributed by atoms with E-state index in [1.807, 2.05) is 6.92 Å². The SMILES string of the molecule is Cc1ccc(S(=O)(=O)Nc2ccc(Cl)cc2[N+](=O)[O-])cc1.[NaH]. The monoisotopic (exact) mass is 350 g/mol. The molecule has 0 spiro atoms. The van der Waals surface area contributed by atoms with Crippen molar-refractivity contribution in [1.29, 1.82) is 0 Å². The quantitative estimate of drug-likeness (QED) is 0.521. The standard InChI is InChI=1S/C13H11ClN2O4S.Na.H/c1-9-2-5-11(6-3-9)21(19,20)15-12-7-4-10(14)8-13(12)16(17)18;;/h2-8,15H,1H3;;. The molecular weight excluding hydrogens is 339 g/mol. The third-order valence-electron chi connectivity index (χ3n) is 2.73. The Kier molecular flexibility index (Phi) is 6.39. The van der Waals surface area contributed by atoms with E-state index < -0.39 is 20.6 Å². The first-order valence-corrected chi connectivity index (χ1v) is 7.69. The number of rotatable bonds is 4. The Labute approximate surface area is 155 Å². The van der Waals surface area contributed by atoms with Gasteiger partial charge in [-0.3, -0.25) is 14.8 Å². The van der Waals surface area contributed by atoms with Gasteiger partial charge in [0.05, 0.1) is 9.82 Å². The Morgan fingerprint density at radius 1 is 1.14 bits per heavy atom. The van der Waals surface area contributed by atoms with E-state index in [2.05, 4.69) is 4.72 Å². The molecule has 1 N–H and O–H groups in total. The first kappa shape index (κ1) is 18.9. The average Bonchev–Trinajstić information content (AvgIpc) is 2.41. The fraction of sp³-hybridized carbons (Fsp3) is 0.0769. The van der Waals surface area contributed by atoms with Gasteiger partial charge in [-0.05, 0) is 31.2 Å². The molecule has 2 aromatic carbocycles. The summed E-state index contributed by atoms with van der Waals surface area (Å²) in [6.07, 6.45) is 0.